The molecule has 1 saturated carbocycles. The first-order chi connectivity index (χ1) is 6.59. The monoisotopic (exact) mass is 254 g/mol. The van der Waals surface area contributed by atoms with Crippen molar-refractivity contribution in [2.75, 3.05) is 0 Å². The summed E-state index contributed by atoms with van der Waals surface area (Å²) in [6.45, 7) is 1.95. The number of halogens is 1. The van der Waals surface area contributed by atoms with E-state index in [1.54, 1.807) is 0 Å². The fraction of sp³-hybridized carbons (Fsp3) is 0.500. The number of hydrogen-bond acceptors (Lipinski definition) is 1. The molecule has 0 aliphatic heterocycles. The topological polar surface area (TPSA) is 20.2 Å². The maximum absolute atomic E-state index is 10.2. The molecule has 1 aliphatic rings. The fourth-order valence-electron chi connectivity index (χ4n) is 1.88. The van der Waals surface area contributed by atoms with Crippen molar-refractivity contribution in [3.63, 3.8) is 0 Å². The van der Waals surface area contributed by atoms with E-state index in [0.717, 1.165) is 10.9 Å². The molecule has 1 unspecified atom stereocenters. The quantitative estimate of drug-likeness (QED) is 0.879. The third kappa shape index (κ3) is 2.18. The lowest BCUT2D eigenvalue weighted by molar-refractivity contribution is 0.0370. The molecule has 1 nitrogen and oxygen atoms in total. The Hall–Kier alpha value is -0.340. The highest BCUT2D eigenvalue weighted by molar-refractivity contribution is 9.10. The Morgan fingerprint density at radius 2 is 2.07 bits per heavy atom. The average molecular weight is 255 g/mol. The summed E-state index contributed by atoms with van der Waals surface area (Å²) in [4.78, 5) is 0. The van der Waals surface area contributed by atoms with Crippen molar-refractivity contribution in [1.29, 1.82) is 0 Å². The smallest absolute Gasteiger partial charge is 0.0688 e. The van der Waals surface area contributed by atoms with Crippen molar-refractivity contribution in [2.45, 2.75) is 31.8 Å². The van der Waals surface area contributed by atoms with Crippen LogP contribution in [0.3, 0.4) is 0 Å². The zero-order valence-electron chi connectivity index (χ0n) is 8.33. The maximum Gasteiger partial charge on any atom is 0.0688 e. The second-order valence-electron chi connectivity index (χ2n) is 4.40. The van der Waals surface area contributed by atoms with E-state index in [2.05, 4.69) is 22.0 Å². The van der Waals surface area contributed by atoms with Crippen LogP contribution >= 0.6 is 15.9 Å². The Bertz CT molecular complexity index is 329. The highest BCUT2D eigenvalue weighted by Crippen LogP contribution is 2.41. The van der Waals surface area contributed by atoms with Crippen LogP contribution in [0.4, 0.5) is 0 Å². The third-order valence-corrected chi connectivity index (χ3v) is 3.74. The number of aliphatic hydroxyl groups is 1. The Kier molecular flexibility index (Phi) is 2.67. The zero-order chi connectivity index (χ0) is 10.2. The molecule has 1 aliphatic carbocycles. The van der Waals surface area contributed by atoms with E-state index in [1.807, 2.05) is 25.1 Å². The van der Waals surface area contributed by atoms with E-state index < -0.39 is 5.60 Å². The minimum atomic E-state index is -0.524. The molecule has 0 radical (unpaired) electrons. The van der Waals surface area contributed by atoms with Crippen LogP contribution in [0, 0.1) is 5.92 Å². The first-order valence-corrected chi connectivity index (χ1v) is 5.85. The van der Waals surface area contributed by atoms with Crippen LogP contribution < -0.4 is 0 Å². The van der Waals surface area contributed by atoms with Gasteiger partial charge in [-0.15, -0.1) is 0 Å². The van der Waals surface area contributed by atoms with Gasteiger partial charge in [0.25, 0.3) is 0 Å². The highest BCUT2D eigenvalue weighted by Gasteiger charge is 2.39. The highest BCUT2D eigenvalue weighted by atomic mass is 79.9. The van der Waals surface area contributed by atoms with Gasteiger partial charge >= 0.3 is 0 Å². The van der Waals surface area contributed by atoms with Crippen LogP contribution in [0.1, 0.15) is 25.3 Å². The molecule has 2 heteroatoms. The second kappa shape index (κ2) is 3.67. The second-order valence-corrected chi connectivity index (χ2v) is 5.25. The van der Waals surface area contributed by atoms with Gasteiger partial charge in [0.05, 0.1) is 5.60 Å². The van der Waals surface area contributed by atoms with Gasteiger partial charge in [0.1, 0.15) is 0 Å². The van der Waals surface area contributed by atoms with Crippen molar-refractivity contribution in [3.05, 3.63) is 34.3 Å². The van der Waals surface area contributed by atoms with Gasteiger partial charge in [-0.05, 0) is 37.3 Å². The number of benzene rings is 1. The molecule has 0 amide bonds. The maximum atomic E-state index is 10.2. The third-order valence-electron chi connectivity index (χ3n) is 2.96. The number of hydrogen-bond donors (Lipinski definition) is 1. The molecule has 1 fully saturated rings. The van der Waals surface area contributed by atoms with Crippen molar-refractivity contribution in [3.8, 4) is 0 Å². The van der Waals surface area contributed by atoms with Crippen LogP contribution in [0.5, 0.6) is 0 Å². The first kappa shape index (κ1) is 10.2. The lowest BCUT2D eigenvalue weighted by Gasteiger charge is -2.23. The molecule has 0 aromatic heterocycles. The lowest BCUT2D eigenvalue weighted by atomic mass is 9.92. The van der Waals surface area contributed by atoms with Crippen molar-refractivity contribution < 1.29 is 5.11 Å². The van der Waals surface area contributed by atoms with Crippen molar-refractivity contribution in [1.82, 2.24) is 0 Å². The van der Waals surface area contributed by atoms with Gasteiger partial charge in [-0.25, -0.2) is 0 Å². The molecular formula is C12H15BrO. The summed E-state index contributed by atoms with van der Waals surface area (Å²) < 4.78 is 1.10. The van der Waals surface area contributed by atoms with Crippen LogP contribution in [-0.4, -0.2) is 10.7 Å². The van der Waals surface area contributed by atoms with Gasteiger partial charge in [0.2, 0.25) is 0 Å². The molecule has 1 N–H and O–H groups in total. The standard InChI is InChI=1S/C12H15BrO/c1-12(14,10-6-7-10)8-9-4-2-3-5-11(9)13/h2-5,10,14H,6-8H2,1H3. The number of rotatable bonds is 3. The molecule has 1 atom stereocenters. The van der Waals surface area contributed by atoms with E-state index in [4.69, 9.17) is 0 Å². The Balaban J connectivity index is 2.13. The van der Waals surface area contributed by atoms with E-state index >= 15 is 0 Å². The summed E-state index contributed by atoms with van der Waals surface area (Å²) in [5.74, 6) is 0.509. The van der Waals surface area contributed by atoms with Gasteiger partial charge < -0.3 is 5.11 Å². The Morgan fingerprint density at radius 3 is 2.64 bits per heavy atom. The van der Waals surface area contributed by atoms with Gasteiger partial charge in [-0.3, -0.25) is 0 Å². The minimum absolute atomic E-state index is 0.509. The Labute approximate surface area is 93.3 Å². The first-order valence-electron chi connectivity index (χ1n) is 5.05. The van der Waals surface area contributed by atoms with E-state index in [9.17, 15) is 5.11 Å². The van der Waals surface area contributed by atoms with Crippen LogP contribution in [0.25, 0.3) is 0 Å². The Morgan fingerprint density at radius 1 is 1.43 bits per heavy atom. The van der Waals surface area contributed by atoms with Crippen molar-refractivity contribution >= 4 is 15.9 Å². The summed E-state index contributed by atoms with van der Waals surface area (Å²) in [6, 6.07) is 8.11. The molecule has 2 rings (SSSR count). The molecule has 14 heavy (non-hydrogen) atoms. The predicted octanol–water partition coefficient (Wildman–Crippen LogP) is 3.15. The molecule has 0 spiro atoms. The van der Waals surface area contributed by atoms with Crippen molar-refractivity contribution in [2.24, 2.45) is 5.92 Å². The molecule has 1 aromatic carbocycles. The summed E-state index contributed by atoms with van der Waals surface area (Å²) in [7, 11) is 0. The minimum Gasteiger partial charge on any atom is -0.390 e. The molecule has 0 saturated heterocycles. The zero-order valence-corrected chi connectivity index (χ0v) is 9.92. The van der Waals surface area contributed by atoms with Crippen LogP contribution in [-0.2, 0) is 6.42 Å². The summed E-state index contributed by atoms with van der Waals surface area (Å²) in [5, 5.41) is 10.2. The van der Waals surface area contributed by atoms with E-state index in [1.165, 1.54) is 18.4 Å². The SMILES string of the molecule is CC(O)(Cc1ccccc1Br)C1CC1. The fourth-order valence-corrected chi connectivity index (χ4v) is 2.30. The summed E-state index contributed by atoms with van der Waals surface area (Å²) in [5.41, 5.74) is 0.675. The van der Waals surface area contributed by atoms with E-state index in [0.29, 0.717) is 5.92 Å². The van der Waals surface area contributed by atoms with Gasteiger partial charge in [-0.2, -0.15) is 0 Å². The summed E-state index contributed by atoms with van der Waals surface area (Å²) >= 11 is 3.51. The molecule has 1 aromatic rings. The van der Waals surface area contributed by atoms with Gasteiger partial charge in [-0.1, -0.05) is 34.1 Å². The predicted molar refractivity (Wildman–Crippen MR) is 61.2 cm³/mol. The molecule has 0 heterocycles. The molecule has 0 bridgehead atoms. The van der Waals surface area contributed by atoms with Crippen LogP contribution in [0.2, 0.25) is 0 Å². The average Bonchev–Trinajstić information content (AvgIpc) is 2.91. The lowest BCUT2D eigenvalue weighted by Crippen LogP contribution is -2.29. The molecular weight excluding hydrogens is 240 g/mol. The van der Waals surface area contributed by atoms with E-state index in [-0.39, 0.29) is 0 Å². The van der Waals surface area contributed by atoms with Crippen LogP contribution in [0.15, 0.2) is 28.7 Å². The summed E-state index contributed by atoms with van der Waals surface area (Å²) in [6.07, 6.45) is 3.11. The largest absolute Gasteiger partial charge is 0.390 e. The van der Waals surface area contributed by atoms with Gasteiger partial charge in [0.15, 0.2) is 0 Å². The van der Waals surface area contributed by atoms with Gasteiger partial charge in [0, 0.05) is 10.9 Å². The normalized spacial score (nSPS) is 20.5. The molecule has 76 valence electrons.